The van der Waals surface area contributed by atoms with Gasteiger partial charge in [-0.1, -0.05) is 12.1 Å². The van der Waals surface area contributed by atoms with Gasteiger partial charge in [0.05, 0.1) is 7.11 Å². The lowest BCUT2D eigenvalue weighted by Crippen LogP contribution is -2.24. The average Bonchev–Trinajstić information content (AvgIpc) is 3.36. The number of carbonyl (C=O) groups is 1. The summed E-state index contributed by atoms with van der Waals surface area (Å²) in [7, 11) is 1.63. The molecule has 1 heterocycles. The Morgan fingerprint density at radius 2 is 2.00 bits per heavy atom. The van der Waals surface area contributed by atoms with Crippen molar-refractivity contribution >= 4 is 11.9 Å². The Labute approximate surface area is 135 Å². The van der Waals surface area contributed by atoms with Crippen molar-refractivity contribution in [3.63, 3.8) is 0 Å². The molecule has 0 aliphatic heterocycles. The predicted octanol–water partition coefficient (Wildman–Crippen LogP) is 2.30. The molecule has 0 saturated heterocycles. The molecule has 3 rings (SSSR count). The van der Waals surface area contributed by atoms with Crippen molar-refractivity contribution in [1.29, 1.82) is 0 Å². The minimum Gasteiger partial charge on any atom is -0.497 e. The van der Waals surface area contributed by atoms with Gasteiger partial charge in [0.15, 0.2) is 0 Å². The van der Waals surface area contributed by atoms with Crippen LogP contribution in [0.5, 0.6) is 5.75 Å². The number of aryl methyl sites for hydroxylation is 1. The molecule has 1 aromatic carbocycles. The summed E-state index contributed by atoms with van der Waals surface area (Å²) in [4.78, 5) is 20.9. The number of carbonyl (C=O) groups excluding carboxylic acids is 1. The van der Waals surface area contributed by atoms with Gasteiger partial charge in [0.2, 0.25) is 5.95 Å². The minimum absolute atomic E-state index is 0.204. The summed E-state index contributed by atoms with van der Waals surface area (Å²) >= 11 is 0. The molecule has 2 N–H and O–H groups in total. The molecule has 1 amide bonds. The normalized spacial score (nSPS) is 13.5. The topological polar surface area (TPSA) is 76.1 Å². The van der Waals surface area contributed by atoms with E-state index in [1.165, 1.54) is 0 Å². The second kappa shape index (κ2) is 6.64. The smallest absolute Gasteiger partial charge is 0.270 e. The van der Waals surface area contributed by atoms with Gasteiger partial charge >= 0.3 is 0 Å². The third-order valence-corrected chi connectivity index (χ3v) is 3.61. The maximum atomic E-state index is 12.3. The minimum atomic E-state index is -0.204. The molecule has 0 unspecified atom stereocenters. The van der Waals surface area contributed by atoms with Crippen molar-refractivity contribution in [3.05, 3.63) is 47.3 Å². The van der Waals surface area contributed by atoms with Gasteiger partial charge in [-0.15, -0.1) is 0 Å². The first-order valence-corrected chi connectivity index (χ1v) is 7.67. The third-order valence-electron chi connectivity index (χ3n) is 3.61. The monoisotopic (exact) mass is 312 g/mol. The second-order valence-electron chi connectivity index (χ2n) is 5.67. The quantitative estimate of drug-likeness (QED) is 0.856. The summed E-state index contributed by atoms with van der Waals surface area (Å²) in [6.07, 6.45) is 2.27. The highest BCUT2D eigenvalue weighted by atomic mass is 16.5. The molecule has 0 radical (unpaired) electrons. The first kappa shape index (κ1) is 15.3. The lowest BCUT2D eigenvalue weighted by Gasteiger charge is -2.08. The fraction of sp³-hybridized carbons (Fsp3) is 0.353. The number of hydrogen-bond acceptors (Lipinski definition) is 5. The molecule has 120 valence electrons. The maximum absolute atomic E-state index is 12.3. The van der Waals surface area contributed by atoms with Gasteiger partial charge in [0, 0.05) is 18.3 Å². The first-order chi connectivity index (χ1) is 11.1. The van der Waals surface area contributed by atoms with Crippen molar-refractivity contribution in [2.24, 2.45) is 0 Å². The summed E-state index contributed by atoms with van der Waals surface area (Å²) in [5.74, 6) is 1.12. The van der Waals surface area contributed by atoms with E-state index in [2.05, 4.69) is 20.6 Å². The molecule has 2 aromatic rings. The zero-order valence-corrected chi connectivity index (χ0v) is 13.3. The van der Waals surface area contributed by atoms with E-state index in [1.54, 1.807) is 13.2 Å². The Morgan fingerprint density at radius 3 is 2.65 bits per heavy atom. The molecule has 1 fully saturated rings. The van der Waals surface area contributed by atoms with Gasteiger partial charge in [-0.25, -0.2) is 9.97 Å². The zero-order valence-electron chi connectivity index (χ0n) is 13.3. The predicted molar refractivity (Wildman–Crippen MR) is 87.6 cm³/mol. The average molecular weight is 312 g/mol. The number of ether oxygens (including phenoxy) is 1. The van der Waals surface area contributed by atoms with Gasteiger partial charge in [-0.05, 0) is 43.5 Å². The highest BCUT2D eigenvalue weighted by Gasteiger charge is 2.22. The number of nitrogens with one attached hydrogen (secondary N) is 2. The van der Waals surface area contributed by atoms with Crippen LogP contribution in [0.4, 0.5) is 5.95 Å². The Balaban J connectivity index is 1.63. The molecule has 1 aromatic heterocycles. The van der Waals surface area contributed by atoms with E-state index in [0.717, 1.165) is 29.8 Å². The van der Waals surface area contributed by atoms with Crippen molar-refractivity contribution in [1.82, 2.24) is 15.3 Å². The number of benzene rings is 1. The molecule has 1 saturated carbocycles. The highest BCUT2D eigenvalue weighted by Crippen LogP contribution is 2.23. The number of amides is 1. The van der Waals surface area contributed by atoms with Crippen LogP contribution < -0.4 is 15.4 Å². The van der Waals surface area contributed by atoms with Crippen LogP contribution in [0.25, 0.3) is 0 Å². The number of methoxy groups -OCH3 is 1. The first-order valence-electron chi connectivity index (χ1n) is 7.67. The largest absolute Gasteiger partial charge is 0.497 e. The van der Waals surface area contributed by atoms with Gasteiger partial charge in [0.25, 0.3) is 5.91 Å². The lowest BCUT2D eigenvalue weighted by molar-refractivity contribution is 0.0945. The second-order valence-corrected chi connectivity index (χ2v) is 5.67. The molecule has 6 heteroatoms. The third kappa shape index (κ3) is 4.18. The number of aromatic nitrogens is 2. The van der Waals surface area contributed by atoms with E-state index in [-0.39, 0.29) is 5.91 Å². The number of rotatable bonds is 6. The van der Waals surface area contributed by atoms with Crippen LogP contribution in [-0.2, 0) is 6.54 Å². The molecule has 0 bridgehead atoms. The maximum Gasteiger partial charge on any atom is 0.270 e. The van der Waals surface area contributed by atoms with Crippen molar-refractivity contribution in [3.8, 4) is 5.75 Å². The van der Waals surface area contributed by atoms with Crippen LogP contribution in [0.2, 0.25) is 0 Å². The standard InChI is InChI=1S/C17H20N4O2/c1-11-9-15(21-17(19-11)20-13-5-6-13)16(22)18-10-12-3-7-14(23-2)8-4-12/h3-4,7-9,13H,5-6,10H2,1-2H3,(H,18,22)(H,19,20,21). The van der Waals surface area contributed by atoms with Crippen LogP contribution in [0, 0.1) is 6.92 Å². The summed E-state index contributed by atoms with van der Waals surface area (Å²) in [6, 6.07) is 9.73. The van der Waals surface area contributed by atoms with Crippen LogP contribution in [-0.4, -0.2) is 29.0 Å². The Kier molecular flexibility index (Phi) is 4.41. The van der Waals surface area contributed by atoms with Crippen molar-refractivity contribution in [2.75, 3.05) is 12.4 Å². The molecule has 1 aliphatic rings. The van der Waals surface area contributed by atoms with E-state index in [0.29, 0.717) is 24.2 Å². The number of hydrogen-bond donors (Lipinski definition) is 2. The van der Waals surface area contributed by atoms with E-state index >= 15 is 0 Å². The molecule has 0 atom stereocenters. The zero-order chi connectivity index (χ0) is 16.2. The Bertz CT molecular complexity index is 696. The number of nitrogens with zero attached hydrogens (tertiary/aromatic N) is 2. The molecular weight excluding hydrogens is 292 g/mol. The molecule has 23 heavy (non-hydrogen) atoms. The molecule has 1 aliphatic carbocycles. The Morgan fingerprint density at radius 1 is 1.26 bits per heavy atom. The van der Waals surface area contributed by atoms with E-state index in [4.69, 9.17) is 4.74 Å². The van der Waals surface area contributed by atoms with E-state index in [1.807, 2.05) is 31.2 Å². The fourth-order valence-corrected chi connectivity index (χ4v) is 2.18. The van der Waals surface area contributed by atoms with Crippen LogP contribution in [0.3, 0.4) is 0 Å². The van der Waals surface area contributed by atoms with Gasteiger partial charge in [-0.3, -0.25) is 4.79 Å². The van der Waals surface area contributed by atoms with Gasteiger partial charge in [0.1, 0.15) is 11.4 Å². The van der Waals surface area contributed by atoms with E-state index < -0.39 is 0 Å². The SMILES string of the molecule is COc1ccc(CNC(=O)c2cc(C)nc(NC3CC3)n2)cc1. The molecule has 6 nitrogen and oxygen atoms in total. The van der Waals surface area contributed by atoms with E-state index in [9.17, 15) is 4.79 Å². The van der Waals surface area contributed by atoms with Gasteiger partial charge < -0.3 is 15.4 Å². The summed E-state index contributed by atoms with van der Waals surface area (Å²) < 4.78 is 5.12. The Hall–Kier alpha value is -2.63. The molecule has 0 spiro atoms. The van der Waals surface area contributed by atoms with Crippen LogP contribution in [0.15, 0.2) is 30.3 Å². The van der Waals surface area contributed by atoms with Crippen molar-refractivity contribution < 1.29 is 9.53 Å². The number of anilines is 1. The van der Waals surface area contributed by atoms with Crippen molar-refractivity contribution in [2.45, 2.75) is 32.4 Å². The lowest BCUT2D eigenvalue weighted by atomic mass is 10.2. The van der Waals surface area contributed by atoms with Gasteiger partial charge in [-0.2, -0.15) is 0 Å². The summed E-state index contributed by atoms with van der Waals surface area (Å²) in [5, 5.41) is 6.10. The summed E-state index contributed by atoms with van der Waals surface area (Å²) in [6.45, 7) is 2.30. The fourth-order valence-electron chi connectivity index (χ4n) is 2.18. The highest BCUT2D eigenvalue weighted by molar-refractivity contribution is 5.92. The van der Waals surface area contributed by atoms with Crippen LogP contribution >= 0.6 is 0 Å². The molecular formula is C17H20N4O2. The van der Waals surface area contributed by atoms with Crippen LogP contribution in [0.1, 0.15) is 34.6 Å². The summed E-state index contributed by atoms with van der Waals surface area (Å²) in [5.41, 5.74) is 2.16.